The van der Waals surface area contributed by atoms with Crippen molar-refractivity contribution in [2.45, 2.75) is 24.5 Å². The van der Waals surface area contributed by atoms with Gasteiger partial charge in [0.1, 0.15) is 0 Å². The fourth-order valence-electron chi connectivity index (χ4n) is 2.70. The molecule has 0 aliphatic carbocycles. The van der Waals surface area contributed by atoms with Gasteiger partial charge in [-0.15, -0.1) is 0 Å². The van der Waals surface area contributed by atoms with Gasteiger partial charge in [0.15, 0.2) is 0 Å². The number of methoxy groups -OCH3 is 1. The number of para-hydroxylation sites is 1. The van der Waals surface area contributed by atoms with Crippen molar-refractivity contribution in [3.63, 3.8) is 0 Å². The van der Waals surface area contributed by atoms with Gasteiger partial charge in [-0.2, -0.15) is 0 Å². The molecule has 27 heavy (non-hydrogen) atoms. The number of hydrogen-bond acceptors (Lipinski definition) is 2. The fourth-order valence-corrected chi connectivity index (χ4v) is 4.46. The molecule has 0 aromatic heterocycles. The molecule has 0 bridgehead atoms. The second-order valence-corrected chi connectivity index (χ2v) is 8.46. The molecule has 0 heterocycles. The summed E-state index contributed by atoms with van der Waals surface area (Å²) in [7, 11) is 1.65. The van der Waals surface area contributed by atoms with Crippen LogP contribution in [0.3, 0.4) is 0 Å². The van der Waals surface area contributed by atoms with Crippen LogP contribution in [0.4, 0.5) is 4.39 Å². The van der Waals surface area contributed by atoms with Crippen LogP contribution in [0.1, 0.15) is 11.1 Å². The van der Waals surface area contributed by atoms with E-state index in [1.165, 1.54) is 4.46 Å². The number of halogens is 1. The molecule has 0 fully saturated rings. The van der Waals surface area contributed by atoms with Crippen molar-refractivity contribution in [3.05, 3.63) is 90.0 Å². The van der Waals surface area contributed by atoms with Gasteiger partial charge >= 0.3 is 159 Å². The van der Waals surface area contributed by atoms with Gasteiger partial charge in [-0.3, -0.25) is 0 Å². The average molecular weight is 429 g/mol. The summed E-state index contributed by atoms with van der Waals surface area (Å²) in [5, 5.41) is 0.573. The number of rotatable bonds is 9. The molecule has 1 unspecified atom stereocenters. The van der Waals surface area contributed by atoms with Gasteiger partial charge in [0.25, 0.3) is 0 Å². The third-order valence-electron chi connectivity index (χ3n) is 4.14. The molecule has 0 aliphatic rings. The van der Waals surface area contributed by atoms with Crippen molar-refractivity contribution in [2.75, 3.05) is 7.11 Å². The van der Waals surface area contributed by atoms with Gasteiger partial charge in [0.05, 0.1) is 7.11 Å². The SMILES string of the molecule is COc1ccc(COc2ccccc2CC(F)C[Se]c2ccccc2)cc1. The van der Waals surface area contributed by atoms with Gasteiger partial charge < -0.3 is 0 Å². The summed E-state index contributed by atoms with van der Waals surface area (Å²) in [4.78, 5) is 0. The summed E-state index contributed by atoms with van der Waals surface area (Å²) in [6.07, 6.45) is -0.483. The molecule has 0 saturated carbocycles. The van der Waals surface area contributed by atoms with E-state index in [9.17, 15) is 4.39 Å². The van der Waals surface area contributed by atoms with Crippen LogP contribution in [0.15, 0.2) is 78.9 Å². The molecular weight excluding hydrogens is 406 g/mol. The average Bonchev–Trinajstić information content (AvgIpc) is 2.73. The van der Waals surface area contributed by atoms with Crippen LogP contribution in [0.2, 0.25) is 5.32 Å². The van der Waals surface area contributed by atoms with Gasteiger partial charge in [0, 0.05) is 0 Å². The molecule has 2 nitrogen and oxygen atoms in total. The predicted octanol–water partition coefficient (Wildman–Crippen LogP) is 4.60. The zero-order valence-electron chi connectivity index (χ0n) is 15.3. The molecule has 4 heteroatoms. The van der Waals surface area contributed by atoms with Crippen LogP contribution in [-0.4, -0.2) is 28.2 Å². The number of ether oxygens (including phenoxy) is 2. The van der Waals surface area contributed by atoms with Gasteiger partial charge in [-0.05, 0) is 0 Å². The van der Waals surface area contributed by atoms with Crippen LogP contribution in [0.5, 0.6) is 11.5 Å². The van der Waals surface area contributed by atoms with Crippen LogP contribution in [0, 0.1) is 0 Å². The summed E-state index contributed by atoms with van der Waals surface area (Å²) in [6.45, 7) is 0.450. The Labute approximate surface area is 166 Å². The van der Waals surface area contributed by atoms with Crippen LogP contribution in [0.25, 0.3) is 0 Å². The second kappa shape index (κ2) is 10.1. The fraction of sp³-hybridized carbons (Fsp3) is 0.217. The minimum atomic E-state index is -0.865. The molecule has 0 amide bonds. The predicted molar refractivity (Wildman–Crippen MR) is 109 cm³/mol. The van der Waals surface area contributed by atoms with Gasteiger partial charge in [-0.25, -0.2) is 0 Å². The van der Waals surface area contributed by atoms with E-state index in [1.54, 1.807) is 7.11 Å². The first-order chi connectivity index (χ1) is 13.2. The normalized spacial score (nSPS) is 11.8. The van der Waals surface area contributed by atoms with Crippen molar-refractivity contribution in [1.29, 1.82) is 0 Å². The summed E-state index contributed by atoms with van der Waals surface area (Å²) in [5.41, 5.74) is 1.97. The topological polar surface area (TPSA) is 18.5 Å². The molecular formula is C23H23FO2Se. The molecule has 0 N–H and O–H groups in total. The Morgan fingerprint density at radius 2 is 1.59 bits per heavy atom. The van der Waals surface area contributed by atoms with E-state index in [-0.39, 0.29) is 15.0 Å². The Hall–Kier alpha value is -2.29. The maximum absolute atomic E-state index is 14.5. The summed E-state index contributed by atoms with van der Waals surface area (Å²) < 4.78 is 26.9. The molecule has 3 aromatic carbocycles. The van der Waals surface area contributed by atoms with E-state index in [2.05, 4.69) is 12.1 Å². The van der Waals surface area contributed by atoms with E-state index in [0.717, 1.165) is 22.6 Å². The Kier molecular flexibility index (Phi) is 7.32. The standard InChI is InChI=1S/C23H23FO2Se/c1-25-21-13-11-18(12-14-21)16-26-23-10-6-5-7-19(23)15-20(24)17-27-22-8-3-2-4-9-22/h2-14,20H,15-17H2,1H3. The van der Waals surface area contributed by atoms with Crippen molar-refractivity contribution in [1.82, 2.24) is 0 Å². The third kappa shape index (κ3) is 6.13. The van der Waals surface area contributed by atoms with Crippen molar-refractivity contribution in [3.8, 4) is 11.5 Å². The van der Waals surface area contributed by atoms with Crippen molar-refractivity contribution in [2.24, 2.45) is 0 Å². The Morgan fingerprint density at radius 1 is 0.889 bits per heavy atom. The summed E-state index contributed by atoms with van der Waals surface area (Å²) >= 11 is 0.152. The third-order valence-corrected chi connectivity index (χ3v) is 6.52. The first-order valence-electron chi connectivity index (χ1n) is 8.90. The molecule has 140 valence electrons. The van der Waals surface area contributed by atoms with Crippen LogP contribution < -0.4 is 13.9 Å². The molecule has 0 aliphatic heterocycles. The number of benzene rings is 3. The Balaban J connectivity index is 1.56. The summed E-state index contributed by atoms with van der Waals surface area (Å²) in [5.74, 6) is 1.57. The van der Waals surface area contributed by atoms with Crippen molar-refractivity contribution >= 4 is 19.4 Å². The molecule has 3 aromatic rings. The first kappa shape index (κ1) is 19.5. The minimum absolute atomic E-state index is 0.152. The molecule has 0 saturated heterocycles. The van der Waals surface area contributed by atoms with Gasteiger partial charge in [0.2, 0.25) is 0 Å². The van der Waals surface area contributed by atoms with E-state index in [4.69, 9.17) is 9.47 Å². The van der Waals surface area contributed by atoms with E-state index < -0.39 is 6.17 Å². The van der Waals surface area contributed by atoms with E-state index in [1.807, 2.05) is 66.7 Å². The maximum atomic E-state index is 14.5. The first-order valence-corrected chi connectivity index (χ1v) is 11.0. The Morgan fingerprint density at radius 3 is 2.33 bits per heavy atom. The van der Waals surface area contributed by atoms with E-state index in [0.29, 0.717) is 18.3 Å². The quantitative estimate of drug-likeness (QED) is 0.463. The number of alkyl halides is 1. The van der Waals surface area contributed by atoms with Crippen LogP contribution in [-0.2, 0) is 13.0 Å². The Bertz CT molecular complexity index is 821. The van der Waals surface area contributed by atoms with Gasteiger partial charge in [-0.1, -0.05) is 0 Å². The van der Waals surface area contributed by atoms with Crippen molar-refractivity contribution < 1.29 is 13.9 Å². The molecule has 0 spiro atoms. The zero-order valence-corrected chi connectivity index (χ0v) is 17.0. The zero-order chi connectivity index (χ0) is 18.9. The number of hydrogen-bond donors (Lipinski definition) is 0. The van der Waals surface area contributed by atoms with E-state index >= 15 is 0 Å². The molecule has 1 atom stereocenters. The van der Waals surface area contributed by atoms with Crippen LogP contribution >= 0.6 is 0 Å². The molecule has 3 rings (SSSR count). The second-order valence-electron chi connectivity index (χ2n) is 6.17. The summed E-state index contributed by atoms with van der Waals surface area (Å²) in [6, 6.07) is 25.6. The molecule has 0 radical (unpaired) electrons. The monoisotopic (exact) mass is 430 g/mol.